The van der Waals surface area contributed by atoms with Crippen LogP contribution in [0.3, 0.4) is 0 Å². The number of rotatable bonds is 3. The van der Waals surface area contributed by atoms with Crippen molar-refractivity contribution in [2.24, 2.45) is 16.7 Å². The highest BCUT2D eigenvalue weighted by atomic mass is 16.2. The van der Waals surface area contributed by atoms with Crippen molar-refractivity contribution in [1.82, 2.24) is 14.7 Å². The molecule has 2 fully saturated rings. The minimum absolute atomic E-state index is 0.260. The first kappa shape index (κ1) is 19.7. The Morgan fingerprint density at radius 3 is 1.58 bits per heavy atom. The summed E-state index contributed by atoms with van der Waals surface area (Å²) in [7, 11) is 0. The second-order valence-corrected chi connectivity index (χ2v) is 10.3. The SMILES string of the molecule is CC(C)(C)CN1CCC(C(=O)N2CCN(CC(C)(C)C)CC2)CC1. The summed E-state index contributed by atoms with van der Waals surface area (Å²) >= 11 is 0. The van der Waals surface area contributed by atoms with E-state index in [1.54, 1.807) is 0 Å². The maximum absolute atomic E-state index is 12.8. The number of hydrogen-bond acceptors (Lipinski definition) is 3. The molecule has 0 spiro atoms. The van der Waals surface area contributed by atoms with Crippen LogP contribution in [0.1, 0.15) is 54.4 Å². The Morgan fingerprint density at radius 2 is 1.17 bits per heavy atom. The average molecular weight is 338 g/mol. The van der Waals surface area contributed by atoms with Gasteiger partial charge >= 0.3 is 0 Å². The number of piperazine rings is 1. The molecule has 2 rings (SSSR count). The van der Waals surface area contributed by atoms with Crippen LogP contribution in [0, 0.1) is 16.7 Å². The molecule has 2 heterocycles. The molecule has 140 valence electrons. The van der Waals surface area contributed by atoms with Gasteiger partial charge in [-0.1, -0.05) is 41.5 Å². The van der Waals surface area contributed by atoms with Crippen LogP contribution in [0.5, 0.6) is 0 Å². The van der Waals surface area contributed by atoms with Crippen molar-refractivity contribution in [3.8, 4) is 0 Å². The van der Waals surface area contributed by atoms with Gasteiger partial charge in [-0.15, -0.1) is 0 Å². The van der Waals surface area contributed by atoms with Crippen LogP contribution in [-0.2, 0) is 4.79 Å². The van der Waals surface area contributed by atoms with Crippen LogP contribution in [-0.4, -0.2) is 73.0 Å². The van der Waals surface area contributed by atoms with Crippen LogP contribution in [0.15, 0.2) is 0 Å². The Bertz CT molecular complexity index is 368. The van der Waals surface area contributed by atoms with Gasteiger partial charge in [0.15, 0.2) is 0 Å². The predicted molar refractivity (Wildman–Crippen MR) is 101 cm³/mol. The summed E-state index contributed by atoms with van der Waals surface area (Å²) in [6.45, 7) is 22.1. The highest BCUT2D eigenvalue weighted by molar-refractivity contribution is 5.79. The molecule has 0 aromatic carbocycles. The second-order valence-electron chi connectivity index (χ2n) is 10.3. The predicted octanol–water partition coefficient (Wildman–Crippen LogP) is 2.93. The molecule has 0 atom stereocenters. The van der Waals surface area contributed by atoms with Crippen molar-refractivity contribution in [1.29, 1.82) is 0 Å². The van der Waals surface area contributed by atoms with Crippen LogP contribution in [0.2, 0.25) is 0 Å². The fourth-order valence-electron chi connectivity index (χ4n) is 4.06. The number of hydrogen-bond donors (Lipinski definition) is 0. The first-order chi connectivity index (χ1) is 11.0. The van der Waals surface area contributed by atoms with Crippen molar-refractivity contribution in [3.05, 3.63) is 0 Å². The maximum Gasteiger partial charge on any atom is 0.225 e. The summed E-state index contributed by atoms with van der Waals surface area (Å²) < 4.78 is 0. The van der Waals surface area contributed by atoms with Crippen LogP contribution < -0.4 is 0 Å². The Labute approximate surface area is 149 Å². The zero-order valence-corrected chi connectivity index (χ0v) is 16.9. The van der Waals surface area contributed by atoms with E-state index in [1.165, 1.54) is 0 Å². The van der Waals surface area contributed by atoms with Crippen LogP contribution in [0.4, 0.5) is 0 Å². The number of likely N-dealkylation sites (tertiary alicyclic amines) is 1. The molecule has 0 bridgehead atoms. The Kier molecular flexibility index (Phi) is 6.35. The summed E-state index contributed by atoms with van der Waals surface area (Å²) in [5, 5.41) is 0. The number of carbonyl (C=O) groups excluding carboxylic acids is 1. The summed E-state index contributed by atoms with van der Waals surface area (Å²) in [5.41, 5.74) is 0.687. The maximum atomic E-state index is 12.8. The molecule has 0 saturated carbocycles. The van der Waals surface area contributed by atoms with E-state index in [-0.39, 0.29) is 5.92 Å². The van der Waals surface area contributed by atoms with Gasteiger partial charge in [-0.05, 0) is 36.8 Å². The first-order valence-electron chi connectivity index (χ1n) is 9.77. The van der Waals surface area contributed by atoms with E-state index in [9.17, 15) is 4.79 Å². The minimum Gasteiger partial charge on any atom is -0.340 e. The lowest BCUT2D eigenvalue weighted by Crippen LogP contribution is -2.53. The zero-order chi connectivity index (χ0) is 18.0. The Balaban J connectivity index is 1.74. The molecule has 0 N–H and O–H groups in total. The van der Waals surface area contributed by atoms with Gasteiger partial charge in [0, 0.05) is 45.2 Å². The van der Waals surface area contributed by atoms with Gasteiger partial charge in [-0.25, -0.2) is 0 Å². The fraction of sp³-hybridized carbons (Fsp3) is 0.950. The van der Waals surface area contributed by atoms with Crippen molar-refractivity contribution in [2.45, 2.75) is 54.4 Å². The molecule has 2 saturated heterocycles. The number of amides is 1. The van der Waals surface area contributed by atoms with E-state index in [0.717, 1.165) is 65.2 Å². The second kappa shape index (κ2) is 7.74. The quantitative estimate of drug-likeness (QED) is 0.792. The number of nitrogens with zero attached hydrogens (tertiary/aromatic N) is 3. The molecular weight excluding hydrogens is 298 g/mol. The lowest BCUT2D eigenvalue weighted by molar-refractivity contribution is -0.139. The monoisotopic (exact) mass is 337 g/mol. The molecule has 0 aromatic heterocycles. The van der Waals surface area contributed by atoms with Crippen molar-refractivity contribution < 1.29 is 4.79 Å². The van der Waals surface area contributed by atoms with Crippen molar-refractivity contribution in [2.75, 3.05) is 52.4 Å². The molecule has 0 unspecified atom stereocenters. The van der Waals surface area contributed by atoms with Crippen LogP contribution in [0.25, 0.3) is 0 Å². The molecule has 24 heavy (non-hydrogen) atoms. The van der Waals surface area contributed by atoms with Gasteiger partial charge in [-0.2, -0.15) is 0 Å². The van der Waals surface area contributed by atoms with Gasteiger partial charge in [-0.3, -0.25) is 9.69 Å². The smallest absolute Gasteiger partial charge is 0.225 e. The molecule has 0 radical (unpaired) electrons. The summed E-state index contributed by atoms with van der Waals surface area (Å²) in [6, 6.07) is 0. The third kappa shape index (κ3) is 6.36. The van der Waals surface area contributed by atoms with Gasteiger partial charge in [0.2, 0.25) is 5.91 Å². The molecule has 2 aliphatic rings. The van der Waals surface area contributed by atoms with E-state index in [0.29, 0.717) is 16.7 Å². The number of piperidine rings is 1. The Morgan fingerprint density at radius 1 is 0.750 bits per heavy atom. The topological polar surface area (TPSA) is 26.8 Å². The lowest BCUT2D eigenvalue weighted by Gasteiger charge is -2.41. The minimum atomic E-state index is 0.260. The summed E-state index contributed by atoms with van der Waals surface area (Å²) in [5.74, 6) is 0.677. The Hall–Kier alpha value is -0.610. The summed E-state index contributed by atoms with van der Waals surface area (Å²) in [6.07, 6.45) is 2.08. The molecule has 2 aliphatic heterocycles. The average Bonchev–Trinajstić information content (AvgIpc) is 2.45. The molecule has 4 heteroatoms. The number of carbonyl (C=O) groups is 1. The molecular formula is C20H39N3O. The van der Waals surface area contributed by atoms with E-state index >= 15 is 0 Å². The van der Waals surface area contributed by atoms with E-state index in [4.69, 9.17) is 0 Å². The van der Waals surface area contributed by atoms with Crippen molar-refractivity contribution >= 4 is 5.91 Å². The lowest BCUT2D eigenvalue weighted by atomic mass is 9.91. The third-order valence-corrected chi connectivity index (χ3v) is 5.02. The van der Waals surface area contributed by atoms with Gasteiger partial charge in [0.25, 0.3) is 0 Å². The normalized spacial score (nSPS) is 22.8. The highest BCUT2D eigenvalue weighted by Crippen LogP contribution is 2.24. The molecule has 0 aromatic rings. The third-order valence-electron chi connectivity index (χ3n) is 5.02. The van der Waals surface area contributed by atoms with Crippen LogP contribution >= 0.6 is 0 Å². The molecule has 1 amide bonds. The fourth-order valence-corrected chi connectivity index (χ4v) is 4.06. The standard InChI is InChI=1S/C20H39N3O/c1-19(2,3)15-21-9-7-17(8-10-21)18(24)23-13-11-22(12-14-23)16-20(4,5)6/h17H,7-16H2,1-6H3. The van der Waals surface area contributed by atoms with E-state index in [2.05, 4.69) is 56.2 Å². The zero-order valence-electron chi connectivity index (χ0n) is 16.9. The van der Waals surface area contributed by atoms with E-state index < -0.39 is 0 Å². The van der Waals surface area contributed by atoms with Gasteiger partial charge in [0.05, 0.1) is 0 Å². The van der Waals surface area contributed by atoms with Gasteiger partial charge < -0.3 is 9.80 Å². The highest BCUT2D eigenvalue weighted by Gasteiger charge is 2.31. The molecule has 0 aliphatic carbocycles. The van der Waals surface area contributed by atoms with Crippen molar-refractivity contribution in [3.63, 3.8) is 0 Å². The largest absolute Gasteiger partial charge is 0.340 e. The van der Waals surface area contributed by atoms with E-state index in [1.807, 2.05) is 0 Å². The molecule has 4 nitrogen and oxygen atoms in total. The van der Waals surface area contributed by atoms with Gasteiger partial charge in [0.1, 0.15) is 0 Å². The summed E-state index contributed by atoms with van der Waals surface area (Å²) in [4.78, 5) is 20.0. The first-order valence-corrected chi connectivity index (χ1v) is 9.77.